The van der Waals surface area contributed by atoms with Crippen LogP contribution in [-0.2, 0) is 6.42 Å². The summed E-state index contributed by atoms with van der Waals surface area (Å²) in [6.07, 6.45) is 0.122. The van der Waals surface area contributed by atoms with E-state index in [0.717, 1.165) is 0 Å². The number of aromatic carboxylic acids is 1. The summed E-state index contributed by atoms with van der Waals surface area (Å²) in [7, 11) is 0. The number of rotatable bonds is 4. The van der Waals surface area contributed by atoms with Crippen molar-refractivity contribution in [2.45, 2.75) is 6.42 Å². The maximum Gasteiger partial charge on any atom is 0.339 e. The van der Waals surface area contributed by atoms with Gasteiger partial charge >= 0.3 is 5.97 Å². The number of carbonyl (C=O) groups is 2. The van der Waals surface area contributed by atoms with Crippen LogP contribution in [0.2, 0.25) is 0 Å². The quantitative estimate of drug-likeness (QED) is 0.824. The average molecular weight is 256 g/mol. The lowest BCUT2D eigenvalue weighted by molar-refractivity contribution is 0.0693. The molecule has 0 fully saturated rings. The predicted octanol–water partition coefficient (Wildman–Crippen LogP) is 2.52. The number of ketones is 1. The number of carbonyl (C=O) groups excluding carboxylic acids is 1. The highest BCUT2D eigenvalue weighted by molar-refractivity contribution is 5.97. The maximum absolute atomic E-state index is 11.9. The molecular formula is C15H12O4. The number of benzene rings is 2. The van der Waals surface area contributed by atoms with Gasteiger partial charge in [0, 0.05) is 12.0 Å². The van der Waals surface area contributed by atoms with Crippen molar-refractivity contribution < 1.29 is 19.8 Å². The summed E-state index contributed by atoms with van der Waals surface area (Å²) < 4.78 is 0. The molecule has 2 N–H and O–H groups in total. The number of hydrogen-bond donors (Lipinski definition) is 2. The maximum atomic E-state index is 11.9. The molecule has 0 amide bonds. The second-order valence-corrected chi connectivity index (χ2v) is 4.12. The molecule has 0 aliphatic carbocycles. The lowest BCUT2D eigenvalue weighted by Gasteiger charge is -2.04. The van der Waals surface area contributed by atoms with Crippen LogP contribution >= 0.6 is 0 Å². The Bertz CT molecular complexity index is 617. The first-order valence-electron chi connectivity index (χ1n) is 5.71. The minimum atomic E-state index is -1.20. The van der Waals surface area contributed by atoms with Gasteiger partial charge in [0.1, 0.15) is 11.3 Å². The zero-order valence-electron chi connectivity index (χ0n) is 10.0. The summed E-state index contributed by atoms with van der Waals surface area (Å²) in [5.74, 6) is -1.60. The predicted molar refractivity (Wildman–Crippen MR) is 69.5 cm³/mol. The molecule has 0 aliphatic rings. The Morgan fingerprint density at radius 2 is 1.68 bits per heavy atom. The first-order valence-corrected chi connectivity index (χ1v) is 5.71. The van der Waals surface area contributed by atoms with Gasteiger partial charge < -0.3 is 10.2 Å². The standard InChI is InChI=1S/C15H12O4/c16-13(11-4-2-1-3-5-11)8-10-6-7-12(15(18)19)14(17)9-10/h1-7,9,17H,8H2,(H,18,19). The van der Waals surface area contributed by atoms with Crippen LogP contribution in [0.15, 0.2) is 48.5 Å². The number of phenols is 1. The molecule has 2 rings (SSSR count). The SMILES string of the molecule is O=C(Cc1ccc(C(=O)O)c(O)c1)c1ccccc1. The molecule has 96 valence electrons. The average Bonchev–Trinajstić information content (AvgIpc) is 2.39. The highest BCUT2D eigenvalue weighted by Crippen LogP contribution is 2.20. The van der Waals surface area contributed by atoms with Gasteiger partial charge in [-0.15, -0.1) is 0 Å². The van der Waals surface area contributed by atoms with Gasteiger partial charge in [-0.1, -0.05) is 36.4 Å². The van der Waals surface area contributed by atoms with Crippen molar-refractivity contribution in [2.24, 2.45) is 0 Å². The molecule has 0 saturated heterocycles. The molecule has 0 bridgehead atoms. The second-order valence-electron chi connectivity index (χ2n) is 4.12. The van der Waals surface area contributed by atoms with Crippen LogP contribution in [-0.4, -0.2) is 22.0 Å². The molecule has 2 aromatic rings. The largest absolute Gasteiger partial charge is 0.507 e. The zero-order valence-corrected chi connectivity index (χ0v) is 10.0. The lowest BCUT2D eigenvalue weighted by Crippen LogP contribution is -2.04. The van der Waals surface area contributed by atoms with E-state index in [1.165, 1.54) is 18.2 Å². The molecule has 0 atom stereocenters. The number of Topliss-reactive ketones (excluding diaryl/α,β-unsaturated/α-hetero) is 1. The van der Waals surface area contributed by atoms with E-state index in [4.69, 9.17) is 5.11 Å². The van der Waals surface area contributed by atoms with E-state index in [0.29, 0.717) is 11.1 Å². The van der Waals surface area contributed by atoms with Gasteiger partial charge in [0.25, 0.3) is 0 Å². The molecule has 0 unspecified atom stereocenters. The Hall–Kier alpha value is -2.62. The van der Waals surface area contributed by atoms with Crippen molar-refractivity contribution in [1.82, 2.24) is 0 Å². The Kier molecular flexibility index (Phi) is 3.61. The molecular weight excluding hydrogens is 244 g/mol. The summed E-state index contributed by atoms with van der Waals surface area (Å²) in [6, 6.07) is 12.9. The van der Waals surface area contributed by atoms with E-state index in [2.05, 4.69) is 0 Å². The third-order valence-corrected chi connectivity index (χ3v) is 2.75. The van der Waals surface area contributed by atoms with E-state index in [-0.39, 0.29) is 23.5 Å². The summed E-state index contributed by atoms with van der Waals surface area (Å²) in [5, 5.41) is 18.3. The highest BCUT2D eigenvalue weighted by atomic mass is 16.4. The van der Waals surface area contributed by atoms with Crippen LogP contribution in [0.25, 0.3) is 0 Å². The fourth-order valence-electron chi connectivity index (χ4n) is 1.78. The van der Waals surface area contributed by atoms with Gasteiger partial charge in [0.15, 0.2) is 5.78 Å². The smallest absolute Gasteiger partial charge is 0.339 e. The van der Waals surface area contributed by atoms with E-state index in [1.54, 1.807) is 24.3 Å². The molecule has 2 aromatic carbocycles. The molecule has 0 aromatic heterocycles. The normalized spacial score (nSPS) is 10.1. The fraction of sp³-hybridized carbons (Fsp3) is 0.0667. The van der Waals surface area contributed by atoms with Gasteiger partial charge in [-0.3, -0.25) is 4.79 Å². The van der Waals surface area contributed by atoms with Crippen molar-refractivity contribution in [1.29, 1.82) is 0 Å². The van der Waals surface area contributed by atoms with Crippen LogP contribution in [0.4, 0.5) is 0 Å². The third-order valence-electron chi connectivity index (χ3n) is 2.75. The van der Waals surface area contributed by atoms with Gasteiger partial charge in [0.05, 0.1) is 0 Å². The van der Waals surface area contributed by atoms with Crippen LogP contribution in [0, 0.1) is 0 Å². The van der Waals surface area contributed by atoms with Crippen molar-refractivity contribution >= 4 is 11.8 Å². The number of hydrogen-bond acceptors (Lipinski definition) is 3. The second kappa shape index (κ2) is 5.35. The Labute approximate surface area is 109 Å². The van der Waals surface area contributed by atoms with E-state index in [1.807, 2.05) is 6.07 Å². The zero-order chi connectivity index (χ0) is 13.8. The van der Waals surface area contributed by atoms with Crippen LogP contribution < -0.4 is 0 Å². The summed E-state index contributed by atoms with van der Waals surface area (Å²) in [6.45, 7) is 0. The summed E-state index contributed by atoms with van der Waals surface area (Å²) in [4.78, 5) is 22.7. The monoisotopic (exact) mass is 256 g/mol. The molecule has 4 heteroatoms. The van der Waals surface area contributed by atoms with E-state index >= 15 is 0 Å². The van der Waals surface area contributed by atoms with E-state index < -0.39 is 5.97 Å². The Morgan fingerprint density at radius 3 is 2.26 bits per heavy atom. The molecule has 0 spiro atoms. The first-order chi connectivity index (χ1) is 9.08. The van der Waals surface area contributed by atoms with Crippen molar-refractivity contribution in [2.75, 3.05) is 0 Å². The molecule has 0 saturated carbocycles. The van der Waals surface area contributed by atoms with Crippen LogP contribution in [0.5, 0.6) is 5.75 Å². The number of carboxylic acid groups (broad SMARTS) is 1. The van der Waals surface area contributed by atoms with Crippen LogP contribution in [0.3, 0.4) is 0 Å². The Morgan fingerprint density at radius 1 is 1.00 bits per heavy atom. The summed E-state index contributed by atoms with van der Waals surface area (Å²) in [5.41, 5.74) is 0.997. The minimum Gasteiger partial charge on any atom is -0.507 e. The van der Waals surface area contributed by atoms with Crippen molar-refractivity contribution in [3.8, 4) is 5.75 Å². The van der Waals surface area contributed by atoms with Gasteiger partial charge in [-0.25, -0.2) is 4.79 Å². The first kappa shape index (κ1) is 12.8. The highest BCUT2D eigenvalue weighted by Gasteiger charge is 2.12. The molecule has 0 radical (unpaired) electrons. The lowest BCUT2D eigenvalue weighted by atomic mass is 10.0. The van der Waals surface area contributed by atoms with E-state index in [9.17, 15) is 14.7 Å². The number of aromatic hydroxyl groups is 1. The molecule has 4 nitrogen and oxygen atoms in total. The molecule has 0 heterocycles. The number of carboxylic acids is 1. The van der Waals surface area contributed by atoms with Crippen LogP contribution in [0.1, 0.15) is 26.3 Å². The minimum absolute atomic E-state index is 0.0805. The van der Waals surface area contributed by atoms with Crippen molar-refractivity contribution in [3.05, 3.63) is 65.2 Å². The molecule has 0 aliphatic heterocycles. The van der Waals surface area contributed by atoms with Crippen molar-refractivity contribution in [3.63, 3.8) is 0 Å². The summed E-state index contributed by atoms with van der Waals surface area (Å²) >= 11 is 0. The fourth-order valence-corrected chi connectivity index (χ4v) is 1.78. The Balaban J connectivity index is 2.19. The topological polar surface area (TPSA) is 74.6 Å². The van der Waals surface area contributed by atoms with Gasteiger partial charge in [-0.2, -0.15) is 0 Å². The van der Waals surface area contributed by atoms with Gasteiger partial charge in [-0.05, 0) is 17.7 Å². The molecule has 19 heavy (non-hydrogen) atoms. The van der Waals surface area contributed by atoms with Gasteiger partial charge in [0.2, 0.25) is 0 Å². The third kappa shape index (κ3) is 2.98.